The molecule has 366 valence electrons. The first-order chi connectivity index (χ1) is 34.5. The minimum atomic E-state index is 0.0761. The second-order valence-corrected chi connectivity index (χ2v) is 22.9. The van der Waals surface area contributed by atoms with E-state index in [1.807, 2.05) is 146 Å². The smallest absolute Gasteiger partial charge is 0.331 e. The van der Waals surface area contributed by atoms with Crippen LogP contribution < -0.4 is 28.4 Å². The summed E-state index contributed by atoms with van der Waals surface area (Å²) in [7, 11) is 0. The van der Waals surface area contributed by atoms with E-state index in [2.05, 4.69) is 207 Å². The Morgan fingerprint density at radius 3 is 0.431 bits per heavy atom. The largest absolute Gasteiger partial charge is 0.424 e. The normalized spacial score (nSPS) is 10.5. The first-order valence-electron chi connectivity index (χ1n) is 21.7. The Labute approximate surface area is 500 Å². The molecule has 0 amide bonds. The van der Waals surface area contributed by atoms with E-state index in [0.29, 0.717) is 34.5 Å². The molecule has 0 unspecified atom stereocenters. The van der Waals surface area contributed by atoms with Crippen LogP contribution in [0.15, 0.2) is 146 Å². The molecule has 0 saturated heterocycles. The third kappa shape index (κ3) is 16.9. The van der Waals surface area contributed by atoms with Gasteiger partial charge in [-0.1, -0.05) is 0 Å². The zero-order valence-electron chi connectivity index (χ0n) is 39.3. The molecule has 0 saturated carbocycles. The van der Waals surface area contributed by atoms with E-state index in [1.165, 1.54) is 33.4 Å². The van der Waals surface area contributed by atoms with Gasteiger partial charge in [0.15, 0.2) is 0 Å². The highest BCUT2D eigenvalue weighted by atomic mass is 127. The van der Waals surface area contributed by atoms with Gasteiger partial charge in [-0.2, -0.15) is 0 Å². The minimum Gasteiger partial charge on any atom is -0.424 e. The van der Waals surface area contributed by atoms with Crippen molar-refractivity contribution in [1.82, 2.24) is 29.9 Å². The molecular weight excluding hydrogens is 1590 g/mol. The molecule has 0 spiro atoms. The summed E-state index contributed by atoms with van der Waals surface area (Å²) in [4.78, 5) is 25.6. The van der Waals surface area contributed by atoms with Crippen molar-refractivity contribution >= 4 is 136 Å². The van der Waals surface area contributed by atoms with E-state index in [0.717, 1.165) is 21.4 Å². The molecule has 9 rings (SSSR count). The maximum atomic E-state index is 5.80. The number of halogens is 6. The fourth-order valence-electron chi connectivity index (χ4n) is 6.25. The van der Waals surface area contributed by atoms with Gasteiger partial charge in [-0.05, 0) is 356 Å². The van der Waals surface area contributed by atoms with Crippen LogP contribution in [0.25, 0.3) is 0 Å². The standard InChI is InChI=1S/2C21H12I3N3O3.C12H18/c2*22-13-1-7-16(8-2-13)28-19-25-20(29-17-9-3-14(23)4-10-17)27-21(26-19)30-18-11-5-15(24)6-12-18;1-7-8(2)10(4)12(6)11(5)9(7)3/h2*1-12H;1-6H3. The first kappa shape index (κ1) is 55.5. The van der Waals surface area contributed by atoms with Crippen LogP contribution in [0.2, 0.25) is 0 Å². The molecule has 0 N–H and O–H groups in total. The van der Waals surface area contributed by atoms with Crippen molar-refractivity contribution in [2.24, 2.45) is 0 Å². The maximum absolute atomic E-state index is 5.80. The first-order valence-corrected chi connectivity index (χ1v) is 28.2. The third-order valence-electron chi connectivity index (χ3n) is 10.7. The average molecular weight is 1630 g/mol. The topological polar surface area (TPSA) is 133 Å². The summed E-state index contributed by atoms with van der Waals surface area (Å²) >= 11 is 13.4. The number of hydrogen-bond acceptors (Lipinski definition) is 12. The third-order valence-corrected chi connectivity index (χ3v) is 15.0. The van der Waals surface area contributed by atoms with Crippen LogP contribution in [0.5, 0.6) is 70.6 Å². The second-order valence-electron chi connectivity index (χ2n) is 15.5. The van der Waals surface area contributed by atoms with Gasteiger partial charge < -0.3 is 28.4 Å². The summed E-state index contributed by atoms with van der Waals surface area (Å²) in [6.45, 7) is 13.3. The molecule has 0 atom stereocenters. The number of hydrogen-bond donors (Lipinski definition) is 0. The molecular formula is C54H42I6N6O6. The number of aromatic nitrogens is 6. The van der Waals surface area contributed by atoms with Gasteiger partial charge in [0.1, 0.15) is 34.5 Å². The predicted molar refractivity (Wildman–Crippen MR) is 330 cm³/mol. The molecule has 18 heteroatoms. The molecule has 0 aliphatic rings. The van der Waals surface area contributed by atoms with E-state index in [1.54, 1.807) is 0 Å². The van der Waals surface area contributed by atoms with Crippen molar-refractivity contribution in [1.29, 1.82) is 0 Å². The zero-order valence-corrected chi connectivity index (χ0v) is 52.2. The van der Waals surface area contributed by atoms with Gasteiger partial charge in [0.05, 0.1) is 0 Å². The van der Waals surface area contributed by atoms with Crippen LogP contribution in [0.1, 0.15) is 33.4 Å². The van der Waals surface area contributed by atoms with Crippen LogP contribution in [0, 0.1) is 63.0 Å². The Balaban J connectivity index is 0.000000173. The van der Waals surface area contributed by atoms with Crippen LogP contribution in [-0.4, -0.2) is 29.9 Å². The molecule has 0 bridgehead atoms. The predicted octanol–water partition coefficient (Wildman–Crippen LogP) is 17.7. The van der Waals surface area contributed by atoms with Gasteiger partial charge >= 0.3 is 36.1 Å². The van der Waals surface area contributed by atoms with Crippen molar-refractivity contribution < 1.29 is 28.4 Å². The monoisotopic (exact) mass is 1630 g/mol. The lowest BCUT2D eigenvalue weighted by Crippen LogP contribution is -2.01. The maximum Gasteiger partial charge on any atom is 0.331 e. The molecule has 9 aromatic rings. The van der Waals surface area contributed by atoms with Gasteiger partial charge in [-0.25, -0.2) is 0 Å². The lowest BCUT2D eigenvalue weighted by Gasteiger charge is -2.15. The van der Waals surface area contributed by atoms with Gasteiger partial charge in [0.25, 0.3) is 0 Å². The Morgan fingerprint density at radius 1 is 0.208 bits per heavy atom. The molecule has 12 nitrogen and oxygen atoms in total. The summed E-state index contributed by atoms with van der Waals surface area (Å²) in [5, 5.41) is 0. The fourth-order valence-corrected chi connectivity index (χ4v) is 8.41. The van der Waals surface area contributed by atoms with Crippen molar-refractivity contribution in [3.63, 3.8) is 0 Å². The Kier molecular flexibility index (Phi) is 20.7. The van der Waals surface area contributed by atoms with Crippen molar-refractivity contribution in [2.75, 3.05) is 0 Å². The summed E-state index contributed by atoms with van der Waals surface area (Å²) < 4.78 is 41.4. The molecule has 7 aromatic carbocycles. The van der Waals surface area contributed by atoms with E-state index >= 15 is 0 Å². The van der Waals surface area contributed by atoms with Crippen molar-refractivity contribution in [3.8, 4) is 70.6 Å². The van der Waals surface area contributed by atoms with E-state index in [-0.39, 0.29) is 36.1 Å². The SMILES string of the molecule is Cc1c(C)c(C)c(C)c(C)c1C.Ic1ccc(Oc2nc(Oc3ccc(I)cc3)nc(Oc3ccc(I)cc3)n2)cc1.Ic1ccc(Oc2nc(Oc3ccc(I)cc3)nc(Oc3ccc(I)cc3)n2)cc1. The lowest BCUT2D eigenvalue weighted by atomic mass is 9.90. The van der Waals surface area contributed by atoms with Gasteiger partial charge in [-0.3, -0.25) is 0 Å². The second kappa shape index (κ2) is 26.8. The average Bonchev–Trinajstić information content (AvgIpc) is 3.37. The lowest BCUT2D eigenvalue weighted by molar-refractivity contribution is 0.361. The van der Waals surface area contributed by atoms with Crippen molar-refractivity contribution in [2.45, 2.75) is 41.5 Å². The molecule has 0 aliphatic carbocycles. The van der Waals surface area contributed by atoms with Crippen LogP contribution in [-0.2, 0) is 0 Å². The van der Waals surface area contributed by atoms with Gasteiger partial charge in [-0.15, -0.1) is 29.9 Å². The van der Waals surface area contributed by atoms with Crippen LogP contribution in [0.4, 0.5) is 0 Å². The molecule has 0 fully saturated rings. The molecule has 2 aromatic heterocycles. The number of ether oxygens (including phenoxy) is 6. The minimum absolute atomic E-state index is 0.0761. The summed E-state index contributed by atoms with van der Waals surface area (Å²) in [5.74, 6) is 3.59. The van der Waals surface area contributed by atoms with Crippen LogP contribution in [0.3, 0.4) is 0 Å². The Bertz CT molecular complexity index is 2640. The number of nitrogens with zero attached hydrogens (tertiary/aromatic N) is 6. The Morgan fingerprint density at radius 2 is 0.319 bits per heavy atom. The van der Waals surface area contributed by atoms with E-state index in [4.69, 9.17) is 28.4 Å². The molecule has 0 radical (unpaired) electrons. The Hall–Kier alpha value is -4.26. The van der Waals surface area contributed by atoms with Crippen LogP contribution >= 0.6 is 136 Å². The fraction of sp³-hybridized carbons (Fsp3) is 0.111. The van der Waals surface area contributed by atoms with Gasteiger partial charge in [0, 0.05) is 21.4 Å². The molecule has 72 heavy (non-hydrogen) atoms. The van der Waals surface area contributed by atoms with E-state index in [9.17, 15) is 0 Å². The highest BCUT2D eigenvalue weighted by Crippen LogP contribution is 2.31. The number of rotatable bonds is 12. The highest BCUT2D eigenvalue weighted by molar-refractivity contribution is 14.1. The molecule has 2 heterocycles. The zero-order chi connectivity index (χ0) is 51.3. The summed E-state index contributed by atoms with van der Waals surface area (Å²) in [6, 6.07) is 45.7. The quantitative estimate of drug-likeness (QED) is 0.108. The highest BCUT2D eigenvalue weighted by Gasteiger charge is 2.15. The molecule has 0 aliphatic heterocycles. The van der Waals surface area contributed by atoms with Crippen molar-refractivity contribution in [3.05, 3.63) is 200 Å². The van der Waals surface area contributed by atoms with E-state index < -0.39 is 0 Å². The number of benzene rings is 7. The summed E-state index contributed by atoms with van der Waals surface area (Å²) in [6.07, 6.45) is 0. The van der Waals surface area contributed by atoms with Gasteiger partial charge in [0.2, 0.25) is 0 Å². The summed E-state index contributed by atoms with van der Waals surface area (Å²) in [5.41, 5.74) is 8.73.